The van der Waals surface area contributed by atoms with Crippen LogP contribution < -0.4 is 11.1 Å². The van der Waals surface area contributed by atoms with E-state index in [2.05, 4.69) is 15.2 Å². The van der Waals surface area contributed by atoms with E-state index in [-0.39, 0.29) is 18.3 Å². The molecule has 0 unspecified atom stereocenters. The van der Waals surface area contributed by atoms with Crippen molar-refractivity contribution in [3.8, 4) is 0 Å². The molecule has 2 aromatic heterocycles. The highest BCUT2D eigenvalue weighted by molar-refractivity contribution is 7.17. The van der Waals surface area contributed by atoms with Gasteiger partial charge in [-0.15, -0.1) is 35.1 Å². The fraction of sp³-hybridized carbons (Fsp3) is 0.235. The molecule has 6 nitrogen and oxygen atoms in total. The van der Waals surface area contributed by atoms with Crippen molar-refractivity contribution in [1.82, 2.24) is 9.88 Å². The second-order valence-corrected chi connectivity index (χ2v) is 8.04. The van der Waals surface area contributed by atoms with E-state index in [0.717, 1.165) is 40.2 Å². The second-order valence-electron chi connectivity index (χ2n) is 6.05. The highest BCUT2D eigenvalue weighted by atomic mass is 35.5. The Kier molecular flexibility index (Phi) is 5.29. The van der Waals surface area contributed by atoms with Gasteiger partial charge in [0.05, 0.1) is 21.3 Å². The molecule has 1 aliphatic rings. The third kappa shape index (κ3) is 3.33. The fourth-order valence-electron chi connectivity index (χ4n) is 3.05. The van der Waals surface area contributed by atoms with Gasteiger partial charge >= 0.3 is 0 Å². The number of benzene rings is 1. The maximum Gasteiger partial charge on any atom is 0.256 e. The Bertz CT molecular complexity index is 998. The van der Waals surface area contributed by atoms with Crippen molar-refractivity contribution in [1.29, 1.82) is 0 Å². The van der Waals surface area contributed by atoms with Gasteiger partial charge in [-0.1, -0.05) is 0 Å². The lowest BCUT2D eigenvalue weighted by Gasteiger charge is -2.22. The van der Waals surface area contributed by atoms with Crippen molar-refractivity contribution in [2.75, 3.05) is 18.9 Å². The Balaban J connectivity index is 0.00000196. The van der Waals surface area contributed by atoms with Gasteiger partial charge in [0.25, 0.3) is 11.8 Å². The summed E-state index contributed by atoms with van der Waals surface area (Å²) in [6.45, 7) is 1.64. The molecule has 0 bridgehead atoms. The number of amides is 2. The largest absolute Gasteiger partial charge is 0.365 e. The first-order valence-electron chi connectivity index (χ1n) is 7.80. The molecule has 0 saturated carbocycles. The number of hydrogen-bond acceptors (Lipinski definition) is 6. The summed E-state index contributed by atoms with van der Waals surface area (Å²) in [5, 5.41) is 3.43. The van der Waals surface area contributed by atoms with Crippen LogP contribution in [0.2, 0.25) is 0 Å². The van der Waals surface area contributed by atoms with Gasteiger partial charge in [-0.05, 0) is 37.2 Å². The lowest BCUT2D eigenvalue weighted by atomic mass is 10.0. The van der Waals surface area contributed by atoms with Crippen molar-refractivity contribution in [2.45, 2.75) is 13.0 Å². The maximum absolute atomic E-state index is 12.6. The fourth-order valence-corrected chi connectivity index (χ4v) is 5.10. The molecule has 0 aliphatic carbocycles. The number of aromatic nitrogens is 1. The molecule has 0 saturated heterocycles. The summed E-state index contributed by atoms with van der Waals surface area (Å²) in [6, 6.07) is 5.38. The molecule has 0 spiro atoms. The molecule has 3 aromatic rings. The first-order chi connectivity index (χ1) is 12.0. The van der Waals surface area contributed by atoms with Gasteiger partial charge in [-0.2, -0.15) is 0 Å². The normalized spacial score (nSPS) is 13.9. The number of halogens is 1. The van der Waals surface area contributed by atoms with Crippen LogP contribution in [-0.4, -0.2) is 35.3 Å². The lowest BCUT2D eigenvalue weighted by molar-refractivity contribution is 0.1000. The van der Waals surface area contributed by atoms with Crippen LogP contribution in [-0.2, 0) is 13.0 Å². The number of fused-ring (bicyclic) bond motifs is 2. The number of nitrogens with two attached hydrogens (primary N) is 1. The SMILES string of the molecule is CN1CCc2c(sc(NC(=O)c3ccc4ncsc4c3)c2C(N)=O)C1.Cl. The predicted molar refractivity (Wildman–Crippen MR) is 108 cm³/mol. The number of nitrogens with one attached hydrogen (secondary N) is 1. The van der Waals surface area contributed by atoms with Crippen molar-refractivity contribution in [2.24, 2.45) is 5.73 Å². The first-order valence-corrected chi connectivity index (χ1v) is 9.50. The number of hydrogen-bond donors (Lipinski definition) is 2. The van der Waals surface area contributed by atoms with Crippen LogP contribution in [0.3, 0.4) is 0 Å². The Labute approximate surface area is 164 Å². The summed E-state index contributed by atoms with van der Waals surface area (Å²) >= 11 is 2.93. The molecule has 26 heavy (non-hydrogen) atoms. The van der Waals surface area contributed by atoms with Crippen molar-refractivity contribution >= 4 is 62.1 Å². The average molecular weight is 409 g/mol. The summed E-state index contributed by atoms with van der Waals surface area (Å²) < 4.78 is 0.954. The molecule has 3 heterocycles. The molecule has 0 radical (unpaired) electrons. The Morgan fingerprint density at radius 2 is 2.15 bits per heavy atom. The van der Waals surface area contributed by atoms with Gasteiger partial charge in [0.15, 0.2) is 0 Å². The van der Waals surface area contributed by atoms with Gasteiger partial charge in [0.1, 0.15) is 5.00 Å². The minimum absolute atomic E-state index is 0. The molecule has 2 amide bonds. The topological polar surface area (TPSA) is 88.3 Å². The maximum atomic E-state index is 12.6. The van der Waals surface area contributed by atoms with Crippen molar-refractivity contribution in [3.05, 3.63) is 45.3 Å². The summed E-state index contributed by atoms with van der Waals surface area (Å²) in [5.41, 5.74) is 10.2. The molecular formula is C17H17ClN4O2S2. The minimum Gasteiger partial charge on any atom is -0.365 e. The average Bonchev–Trinajstić information content (AvgIpc) is 3.17. The third-order valence-corrected chi connectivity index (χ3v) is 6.24. The highest BCUT2D eigenvalue weighted by Crippen LogP contribution is 2.37. The molecule has 3 N–H and O–H groups in total. The van der Waals surface area contributed by atoms with E-state index in [1.807, 2.05) is 19.2 Å². The Hall–Kier alpha value is -2.00. The summed E-state index contributed by atoms with van der Waals surface area (Å²) in [7, 11) is 2.04. The lowest BCUT2D eigenvalue weighted by Crippen LogP contribution is -2.27. The van der Waals surface area contributed by atoms with Gasteiger partial charge in [0.2, 0.25) is 0 Å². The number of nitrogens with zero attached hydrogens (tertiary/aromatic N) is 2. The van der Waals surface area contributed by atoms with Crippen molar-refractivity contribution in [3.63, 3.8) is 0 Å². The quantitative estimate of drug-likeness (QED) is 0.696. The number of carbonyl (C=O) groups excluding carboxylic acids is 2. The van der Waals surface area contributed by atoms with Crippen LogP contribution in [0.1, 0.15) is 31.2 Å². The summed E-state index contributed by atoms with van der Waals surface area (Å²) in [5.74, 6) is -0.736. The van der Waals surface area contributed by atoms with E-state index in [4.69, 9.17) is 5.73 Å². The molecule has 136 valence electrons. The number of likely N-dealkylation sites (N-methyl/N-ethyl adjacent to an activating group) is 1. The van der Waals surface area contributed by atoms with Crippen LogP contribution in [0.15, 0.2) is 23.7 Å². The number of primary amides is 1. The van der Waals surface area contributed by atoms with Crippen LogP contribution in [0.5, 0.6) is 0 Å². The van der Waals surface area contributed by atoms with E-state index in [1.54, 1.807) is 11.6 Å². The van der Waals surface area contributed by atoms with E-state index >= 15 is 0 Å². The number of rotatable bonds is 3. The van der Waals surface area contributed by atoms with Crippen LogP contribution >= 0.6 is 35.1 Å². The Morgan fingerprint density at radius 3 is 2.92 bits per heavy atom. The van der Waals surface area contributed by atoms with Gasteiger partial charge < -0.3 is 16.0 Å². The smallest absolute Gasteiger partial charge is 0.256 e. The molecule has 0 atom stereocenters. The van der Waals surface area contributed by atoms with E-state index < -0.39 is 5.91 Å². The Morgan fingerprint density at radius 1 is 1.35 bits per heavy atom. The zero-order chi connectivity index (χ0) is 17.6. The predicted octanol–water partition coefficient (Wildman–Crippen LogP) is 3.12. The van der Waals surface area contributed by atoms with Crippen LogP contribution in [0, 0.1) is 0 Å². The number of thiazole rings is 1. The third-order valence-electron chi connectivity index (χ3n) is 4.31. The van der Waals surface area contributed by atoms with Crippen molar-refractivity contribution < 1.29 is 9.59 Å². The molecule has 9 heteroatoms. The zero-order valence-electron chi connectivity index (χ0n) is 13.9. The van der Waals surface area contributed by atoms with Crippen LogP contribution in [0.25, 0.3) is 10.2 Å². The van der Waals surface area contributed by atoms with Gasteiger partial charge in [-0.3, -0.25) is 9.59 Å². The monoisotopic (exact) mass is 408 g/mol. The van der Waals surface area contributed by atoms with E-state index in [9.17, 15) is 9.59 Å². The molecule has 4 rings (SSSR count). The van der Waals surface area contributed by atoms with Gasteiger partial charge in [-0.25, -0.2) is 4.98 Å². The number of anilines is 1. The number of thiophene rings is 1. The van der Waals surface area contributed by atoms with Crippen LogP contribution in [0.4, 0.5) is 5.00 Å². The molecular weight excluding hydrogens is 392 g/mol. The van der Waals surface area contributed by atoms with E-state index in [0.29, 0.717) is 16.1 Å². The standard InChI is InChI=1S/C17H16N4O2S2.ClH/c1-21-5-4-10-13(7-21)25-17(14(10)15(18)22)20-16(23)9-2-3-11-12(6-9)24-8-19-11;/h2-3,6,8H,4-5,7H2,1H3,(H2,18,22)(H,20,23);1H. The zero-order valence-corrected chi connectivity index (χ0v) is 16.4. The number of carbonyl (C=O) groups is 2. The molecule has 0 fully saturated rings. The second kappa shape index (κ2) is 7.32. The minimum atomic E-state index is -0.490. The summed E-state index contributed by atoms with van der Waals surface area (Å²) in [4.78, 5) is 32.1. The first kappa shape index (κ1) is 18.8. The molecule has 1 aromatic carbocycles. The highest BCUT2D eigenvalue weighted by Gasteiger charge is 2.26. The van der Waals surface area contributed by atoms with E-state index in [1.165, 1.54) is 22.7 Å². The van der Waals surface area contributed by atoms with Gasteiger partial charge in [0, 0.05) is 23.5 Å². The molecule has 1 aliphatic heterocycles. The summed E-state index contributed by atoms with van der Waals surface area (Å²) in [6.07, 6.45) is 0.767.